The van der Waals surface area contributed by atoms with Crippen molar-refractivity contribution < 1.29 is 23.7 Å². The fourth-order valence-corrected chi connectivity index (χ4v) is 4.87. The van der Waals surface area contributed by atoms with Gasteiger partial charge < -0.3 is 23.7 Å². The van der Waals surface area contributed by atoms with Crippen LogP contribution >= 0.6 is 0 Å². The summed E-state index contributed by atoms with van der Waals surface area (Å²) in [6.07, 6.45) is 0.894. The second kappa shape index (κ2) is 6.63. The highest BCUT2D eigenvalue weighted by molar-refractivity contribution is 5.62. The smallest absolute Gasteiger partial charge is 0.173 e. The van der Waals surface area contributed by atoms with Crippen LogP contribution in [0.1, 0.15) is 62.2 Å². The monoisotopic (exact) mass is 410 g/mol. The number of hydrogen-bond acceptors (Lipinski definition) is 5. The summed E-state index contributed by atoms with van der Waals surface area (Å²) < 4.78 is 29.6. The maximum Gasteiger partial charge on any atom is 0.173 e. The van der Waals surface area contributed by atoms with Crippen LogP contribution in [0.5, 0.6) is 23.0 Å². The predicted molar refractivity (Wildman–Crippen MR) is 114 cm³/mol. The second-order valence-electron chi connectivity index (χ2n) is 10.1. The third-order valence-electron chi connectivity index (χ3n) is 6.60. The third kappa shape index (κ3) is 2.90. The van der Waals surface area contributed by atoms with E-state index in [4.69, 9.17) is 23.7 Å². The lowest BCUT2D eigenvalue weighted by molar-refractivity contribution is -0.172. The summed E-state index contributed by atoms with van der Waals surface area (Å²) in [6.45, 7) is 10.5. The lowest BCUT2D eigenvalue weighted by atomic mass is 9.77. The van der Waals surface area contributed by atoms with Crippen LogP contribution in [-0.2, 0) is 15.9 Å². The fourth-order valence-electron chi connectivity index (χ4n) is 4.87. The summed E-state index contributed by atoms with van der Waals surface area (Å²) in [7, 11) is 3.36. The first-order valence-corrected chi connectivity index (χ1v) is 10.6. The molecule has 5 rings (SSSR count). The molecule has 0 N–H and O–H groups in total. The minimum absolute atomic E-state index is 0.0724. The number of methoxy groups -OCH3 is 2. The molecule has 30 heavy (non-hydrogen) atoms. The van der Waals surface area contributed by atoms with E-state index >= 15 is 0 Å². The van der Waals surface area contributed by atoms with Crippen LogP contribution in [0.2, 0.25) is 0 Å². The van der Waals surface area contributed by atoms with Gasteiger partial charge >= 0.3 is 0 Å². The molecule has 160 valence electrons. The summed E-state index contributed by atoms with van der Waals surface area (Å²) in [5.74, 6) is 2.98. The molecule has 0 aliphatic carbocycles. The van der Waals surface area contributed by atoms with Crippen molar-refractivity contribution in [1.82, 2.24) is 0 Å². The summed E-state index contributed by atoms with van der Waals surface area (Å²) in [6, 6.07) is 8.49. The summed E-state index contributed by atoms with van der Waals surface area (Å²) in [5.41, 5.74) is 4.74. The van der Waals surface area contributed by atoms with Gasteiger partial charge in [0.2, 0.25) is 0 Å². The van der Waals surface area contributed by atoms with Crippen LogP contribution in [0, 0.1) is 10.8 Å². The molecule has 2 aromatic carbocycles. The van der Waals surface area contributed by atoms with Crippen molar-refractivity contribution >= 4 is 0 Å². The maximum atomic E-state index is 6.37. The van der Waals surface area contributed by atoms with Gasteiger partial charge in [0.1, 0.15) is 0 Å². The molecule has 0 aromatic heterocycles. The number of rotatable bonds is 4. The molecular weight excluding hydrogens is 380 g/mol. The fraction of sp³-hybridized carbons (Fsp3) is 0.520. The lowest BCUT2D eigenvalue weighted by Gasteiger charge is -2.45. The first-order valence-electron chi connectivity index (χ1n) is 10.6. The zero-order chi connectivity index (χ0) is 21.3. The molecule has 2 aromatic rings. The highest BCUT2D eigenvalue weighted by atomic mass is 16.5. The van der Waals surface area contributed by atoms with E-state index in [0.717, 1.165) is 64.9 Å². The summed E-state index contributed by atoms with van der Waals surface area (Å²) >= 11 is 0. The van der Waals surface area contributed by atoms with Crippen LogP contribution < -0.4 is 14.2 Å². The molecule has 3 aliphatic heterocycles. The van der Waals surface area contributed by atoms with Crippen LogP contribution in [-0.4, -0.2) is 27.4 Å². The van der Waals surface area contributed by atoms with Crippen LogP contribution in [0.15, 0.2) is 24.3 Å². The van der Waals surface area contributed by atoms with Gasteiger partial charge in [0, 0.05) is 28.4 Å². The molecule has 2 saturated heterocycles. The van der Waals surface area contributed by atoms with Crippen molar-refractivity contribution in [3.63, 3.8) is 0 Å². The van der Waals surface area contributed by atoms with Crippen molar-refractivity contribution in [3.05, 3.63) is 46.5 Å². The molecule has 5 nitrogen and oxygen atoms in total. The van der Waals surface area contributed by atoms with Gasteiger partial charge in [-0.1, -0.05) is 27.7 Å². The van der Waals surface area contributed by atoms with E-state index in [1.165, 1.54) is 0 Å². The number of fused-ring (bicyclic) bond motifs is 2. The van der Waals surface area contributed by atoms with Crippen LogP contribution in [0.3, 0.4) is 0 Å². The average molecular weight is 411 g/mol. The van der Waals surface area contributed by atoms with Crippen molar-refractivity contribution in [1.29, 1.82) is 0 Å². The molecule has 0 bridgehead atoms. The number of benzene rings is 2. The van der Waals surface area contributed by atoms with Crippen molar-refractivity contribution in [2.45, 2.75) is 46.3 Å². The van der Waals surface area contributed by atoms with E-state index < -0.39 is 0 Å². The Morgan fingerprint density at radius 2 is 1.17 bits per heavy atom. The van der Waals surface area contributed by atoms with Crippen molar-refractivity contribution in [2.75, 3.05) is 27.4 Å². The predicted octanol–water partition coefficient (Wildman–Crippen LogP) is 5.60. The highest BCUT2D eigenvalue weighted by Crippen LogP contribution is 2.53. The standard InChI is InChI=1S/C25H30O5/c1-24(2)12-28-22(24)16-8-14-7-15-9-17(23-25(3,4)13-29-23)11-19(27-6)21(15)30-20(14)18(10-16)26-5/h8-11,22-23H,7,12-13H2,1-6H3. The van der Waals surface area contributed by atoms with Gasteiger partial charge in [0.05, 0.1) is 39.6 Å². The molecule has 5 heteroatoms. The largest absolute Gasteiger partial charge is 0.493 e. The summed E-state index contributed by atoms with van der Waals surface area (Å²) in [4.78, 5) is 0. The Kier molecular flexibility index (Phi) is 4.35. The lowest BCUT2D eigenvalue weighted by Crippen LogP contribution is -2.40. The van der Waals surface area contributed by atoms with Crippen LogP contribution in [0.4, 0.5) is 0 Å². The Labute approximate surface area is 178 Å². The minimum atomic E-state index is 0.0724. The Bertz CT molecular complexity index is 928. The minimum Gasteiger partial charge on any atom is -0.493 e. The van der Waals surface area contributed by atoms with Crippen LogP contribution in [0.25, 0.3) is 0 Å². The third-order valence-corrected chi connectivity index (χ3v) is 6.60. The van der Waals surface area contributed by atoms with Gasteiger partial charge in [-0.3, -0.25) is 0 Å². The maximum absolute atomic E-state index is 6.37. The molecule has 2 atom stereocenters. The number of hydrogen-bond donors (Lipinski definition) is 0. The van der Waals surface area contributed by atoms with Crippen molar-refractivity contribution in [3.8, 4) is 23.0 Å². The quantitative estimate of drug-likeness (QED) is 0.561. The van der Waals surface area contributed by atoms with E-state index in [1.807, 2.05) is 12.1 Å². The first-order chi connectivity index (χ1) is 14.2. The second-order valence-corrected chi connectivity index (χ2v) is 10.1. The van der Waals surface area contributed by atoms with E-state index in [9.17, 15) is 0 Å². The highest BCUT2D eigenvalue weighted by Gasteiger charge is 2.43. The van der Waals surface area contributed by atoms with E-state index in [1.54, 1.807) is 14.2 Å². The molecule has 0 radical (unpaired) electrons. The van der Waals surface area contributed by atoms with E-state index in [0.29, 0.717) is 0 Å². The van der Waals surface area contributed by atoms with Gasteiger partial charge in [0.15, 0.2) is 23.0 Å². The topological polar surface area (TPSA) is 46.2 Å². The van der Waals surface area contributed by atoms with E-state index in [2.05, 4.69) is 39.8 Å². The summed E-state index contributed by atoms with van der Waals surface area (Å²) in [5, 5.41) is 0. The van der Waals surface area contributed by atoms with Gasteiger partial charge in [0.25, 0.3) is 0 Å². The molecule has 2 unspecified atom stereocenters. The average Bonchev–Trinajstić information content (AvgIpc) is 2.69. The molecular formula is C25H30O5. The van der Waals surface area contributed by atoms with Gasteiger partial charge in [-0.25, -0.2) is 0 Å². The number of ether oxygens (including phenoxy) is 5. The normalized spacial score (nSPS) is 25.1. The molecule has 3 aliphatic rings. The van der Waals surface area contributed by atoms with Crippen molar-refractivity contribution in [2.24, 2.45) is 10.8 Å². The Balaban J connectivity index is 1.56. The molecule has 3 heterocycles. The zero-order valence-corrected chi connectivity index (χ0v) is 18.6. The van der Waals surface area contributed by atoms with Gasteiger partial charge in [-0.05, 0) is 35.4 Å². The Hall–Kier alpha value is -2.24. The molecule has 0 amide bonds. The first kappa shape index (κ1) is 19.7. The molecule has 0 spiro atoms. The molecule has 2 fully saturated rings. The van der Waals surface area contributed by atoms with E-state index in [-0.39, 0.29) is 23.0 Å². The van der Waals surface area contributed by atoms with Gasteiger partial charge in [-0.2, -0.15) is 0 Å². The van der Waals surface area contributed by atoms with Gasteiger partial charge in [-0.15, -0.1) is 0 Å². The molecule has 0 saturated carbocycles. The SMILES string of the molecule is COc1cc(C2OCC2(C)C)cc2c1Oc1c(cc(C3OCC3(C)C)cc1OC)C2. The Morgan fingerprint density at radius 1 is 0.733 bits per heavy atom. The zero-order valence-electron chi connectivity index (χ0n) is 18.6. The Morgan fingerprint density at radius 3 is 1.47 bits per heavy atom.